The van der Waals surface area contributed by atoms with E-state index in [1.54, 1.807) is 0 Å². The first-order valence-electron chi connectivity index (χ1n) is 19.0. The lowest BCUT2D eigenvalue weighted by Gasteiger charge is -2.18. The standard InChI is InChI=1S/C53H35NS/c1-2-11-36(12-3-1)42-21-10-22-48-49-29-30-54-51(53(49)55-52(42)48)41-16-9-15-39(32-41)38-14-8-13-37(31-38)34-23-25-35(26-24-34)40-27-28-47-45-19-5-4-17-43(45)44-18-6-7-20-46(44)50(47)33-40/h1-21,23-33,48H,22H2. The number of hydrogen-bond donors (Lipinski definition) is 0. The van der Waals surface area contributed by atoms with Gasteiger partial charge in [-0.05, 0) is 113 Å². The van der Waals surface area contributed by atoms with Gasteiger partial charge in [0, 0.05) is 27.5 Å². The van der Waals surface area contributed by atoms with Gasteiger partial charge in [0.25, 0.3) is 0 Å². The molecule has 0 radical (unpaired) electrons. The van der Waals surface area contributed by atoms with Crippen LogP contribution in [0, 0.1) is 0 Å². The maximum absolute atomic E-state index is 4.99. The van der Waals surface area contributed by atoms with Crippen molar-refractivity contribution in [3.8, 4) is 44.6 Å². The Hall–Kier alpha value is -6.48. The average molecular weight is 718 g/mol. The number of aromatic nitrogens is 1. The summed E-state index contributed by atoms with van der Waals surface area (Å²) >= 11 is 1.91. The second kappa shape index (κ2) is 13.1. The Morgan fingerprint density at radius 3 is 1.60 bits per heavy atom. The molecule has 1 aliphatic carbocycles. The van der Waals surface area contributed by atoms with Crippen LogP contribution in [0.3, 0.4) is 0 Å². The van der Waals surface area contributed by atoms with Gasteiger partial charge in [0.15, 0.2) is 0 Å². The molecule has 9 aromatic rings. The first-order chi connectivity index (χ1) is 27.3. The Morgan fingerprint density at radius 1 is 0.418 bits per heavy atom. The maximum Gasteiger partial charge on any atom is 0.0844 e. The van der Waals surface area contributed by atoms with Gasteiger partial charge in [0.1, 0.15) is 0 Å². The molecule has 0 bridgehead atoms. The highest BCUT2D eigenvalue weighted by Gasteiger charge is 2.34. The van der Waals surface area contributed by atoms with Crippen LogP contribution >= 0.6 is 11.8 Å². The molecule has 55 heavy (non-hydrogen) atoms. The molecule has 1 nitrogen and oxygen atoms in total. The predicted octanol–water partition coefficient (Wildman–Crippen LogP) is 14.8. The molecular formula is C53H35NS. The van der Waals surface area contributed by atoms with Gasteiger partial charge < -0.3 is 0 Å². The van der Waals surface area contributed by atoms with Gasteiger partial charge in [0.2, 0.25) is 0 Å². The smallest absolute Gasteiger partial charge is 0.0844 e. The Kier molecular flexibility index (Phi) is 7.63. The molecule has 1 aromatic heterocycles. The number of allylic oxidation sites excluding steroid dienone is 4. The molecule has 0 N–H and O–H groups in total. The molecule has 1 atom stereocenters. The normalized spacial score (nSPS) is 14.8. The summed E-state index contributed by atoms with van der Waals surface area (Å²) < 4.78 is 0. The monoisotopic (exact) mass is 717 g/mol. The number of nitrogens with zero attached hydrogens (tertiary/aromatic N) is 1. The summed E-state index contributed by atoms with van der Waals surface area (Å²) in [5, 5.41) is 7.80. The lowest BCUT2D eigenvalue weighted by Crippen LogP contribution is -2.01. The third kappa shape index (κ3) is 5.44. The molecule has 258 valence electrons. The number of fused-ring (bicyclic) bond motifs is 9. The molecule has 8 aromatic carbocycles. The van der Waals surface area contributed by atoms with Crippen LogP contribution in [0.15, 0.2) is 204 Å². The highest BCUT2D eigenvalue weighted by molar-refractivity contribution is 8.03. The zero-order valence-electron chi connectivity index (χ0n) is 30.1. The van der Waals surface area contributed by atoms with Crippen LogP contribution in [0.25, 0.3) is 82.5 Å². The summed E-state index contributed by atoms with van der Waals surface area (Å²) in [6.45, 7) is 0. The minimum atomic E-state index is 0.384. The van der Waals surface area contributed by atoms with Crippen LogP contribution in [0.4, 0.5) is 0 Å². The lowest BCUT2D eigenvalue weighted by molar-refractivity contribution is 0.837. The average Bonchev–Trinajstić information content (AvgIpc) is 3.66. The summed E-state index contributed by atoms with van der Waals surface area (Å²) in [5.74, 6) is 0.384. The first-order valence-corrected chi connectivity index (χ1v) is 19.9. The van der Waals surface area contributed by atoms with Crippen LogP contribution in [0.2, 0.25) is 0 Å². The van der Waals surface area contributed by atoms with E-state index in [1.165, 1.54) is 92.2 Å². The van der Waals surface area contributed by atoms with E-state index in [0.29, 0.717) is 5.92 Å². The highest BCUT2D eigenvalue weighted by Crippen LogP contribution is 2.57. The maximum atomic E-state index is 4.99. The van der Waals surface area contributed by atoms with Crippen LogP contribution in [0.5, 0.6) is 0 Å². The molecule has 1 unspecified atom stereocenters. The highest BCUT2D eigenvalue weighted by atomic mass is 32.2. The van der Waals surface area contributed by atoms with Crippen molar-refractivity contribution in [3.63, 3.8) is 0 Å². The van der Waals surface area contributed by atoms with Crippen molar-refractivity contribution in [2.75, 3.05) is 0 Å². The molecule has 0 spiro atoms. The summed E-state index contributed by atoms with van der Waals surface area (Å²) in [7, 11) is 0. The fraction of sp³-hybridized carbons (Fsp3) is 0.0377. The van der Waals surface area contributed by atoms with Crippen LogP contribution in [-0.4, -0.2) is 4.98 Å². The van der Waals surface area contributed by atoms with Gasteiger partial charge in [-0.1, -0.05) is 176 Å². The molecular weight excluding hydrogens is 683 g/mol. The molecule has 0 saturated heterocycles. The quantitative estimate of drug-likeness (QED) is 0.164. The zero-order valence-corrected chi connectivity index (χ0v) is 30.9. The predicted molar refractivity (Wildman–Crippen MR) is 234 cm³/mol. The SMILES string of the molecule is C1=CC(c2ccccc2)=C2Sc3c(ccnc3-c3cccc(-c4cccc(-c5ccc(-c6ccc7c8ccccc8c8ccccc8c7c6)cc5)c4)c3)C2C1. The van der Waals surface area contributed by atoms with Gasteiger partial charge >= 0.3 is 0 Å². The third-order valence-electron chi connectivity index (χ3n) is 11.5. The summed E-state index contributed by atoms with van der Waals surface area (Å²) in [4.78, 5) is 7.72. The van der Waals surface area contributed by atoms with Crippen LogP contribution < -0.4 is 0 Å². The fourth-order valence-corrected chi connectivity index (χ4v) is 10.3. The minimum absolute atomic E-state index is 0.384. The second-order valence-electron chi connectivity index (χ2n) is 14.6. The molecule has 1 aliphatic heterocycles. The van der Waals surface area contributed by atoms with Crippen LogP contribution in [-0.2, 0) is 0 Å². The molecule has 0 amide bonds. The largest absolute Gasteiger partial charge is 0.255 e. The minimum Gasteiger partial charge on any atom is -0.255 e. The van der Waals surface area contributed by atoms with Gasteiger partial charge in [-0.15, -0.1) is 0 Å². The summed E-state index contributed by atoms with van der Waals surface area (Å²) in [5.41, 5.74) is 13.5. The summed E-state index contributed by atoms with van der Waals surface area (Å²) in [6, 6.07) is 64.4. The van der Waals surface area contributed by atoms with E-state index in [0.717, 1.165) is 17.7 Å². The Labute approximate surface area is 325 Å². The topological polar surface area (TPSA) is 12.9 Å². The third-order valence-corrected chi connectivity index (χ3v) is 12.8. The van der Waals surface area contributed by atoms with Crippen molar-refractivity contribution in [2.45, 2.75) is 17.2 Å². The molecule has 0 saturated carbocycles. The Bertz CT molecular complexity index is 2990. The van der Waals surface area contributed by atoms with E-state index in [1.807, 2.05) is 18.0 Å². The van der Waals surface area contributed by atoms with Gasteiger partial charge in [-0.3, -0.25) is 4.98 Å². The Morgan fingerprint density at radius 2 is 0.927 bits per heavy atom. The van der Waals surface area contributed by atoms with Crippen molar-refractivity contribution in [1.82, 2.24) is 4.98 Å². The first kappa shape index (κ1) is 32.0. The van der Waals surface area contributed by atoms with E-state index < -0.39 is 0 Å². The number of hydrogen-bond acceptors (Lipinski definition) is 2. The lowest BCUT2D eigenvalue weighted by atomic mass is 9.87. The fourth-order valence-electron chi connectivity index (χ4n) is 8.78. The van der Waals surface area contributed by atoms with Crippen molar-refractivity contribution in [3.05, 3.63) is 210 Å². The van der Waals surface area contributed by atoms with Crippen molar-refractivity contribution in [2.24, 2.45) is 0 Å². The molecule has 0 fully saturated rings. The number of thioether (sulfide) groups is 1. The zero-order chi connectivity index (χ0) is 36.3. The molecule has 11 rings (SSSR count). The second-order valence-corrected chi connectivity index (χ2v) is 15.7. The van der Waals surface area contributed by atoms with Crippen LogP contribution in [0.1, 0.15) is 23.5 Å². The van der Waals surface area contributed by atoms with E-state index >= 15 is 0 Å². The van der Waals surface area contributed by atoms with E-state index in [-0.39, 0.29) is 0 Å². The molecule has 2 heteroatoms. The Balaban J connectivity index is 0.907. The molecule has 2 aliphatic rings. The number of benzene rings is 8. The number of rotatable bonds is 5. The van der Waals surface area contributed by atoms with Gasteiger partial charge in [-0.25, -0.2) is 0 Å². The van der Waals surface area contributed by atoms with Crippen molar-refractivity contribution < 1.29 is 0 Å². The summed E-state index contributed by atoms with van der Waals surface area (Å²) in [6.07, 6.45) is 7.66. The van der Waals surface area contributed by atoms with Crippen molar-refractivity contribution >= 4 is 49.7 Å². The van der Waals surface area contributed by atoms with Gasteiger partial charge in [-0.2, -0.15) is 0 Å². The van der Waals surface area contributed by atoms with E-state index in [4.69, 9.17) is 4.98 Å². The number of pyridine rings is 1. The van der Waals surface area contributed by atoms with Crippen molar-refractivity contribution in [1.29, 1.82) is 0 Å². The van der Waals surface area contributed by atoms with E-state index in [2.05, 4.69) is 188 Å². The van der Waals surface area contributed by atoms with E-state index in [9.17, 15) is 0 Å². The van der Waals surface area contributed by atoms with Gasteiger partial charge in [0.05, 0.1) is 5.69 Å². The molecule has 2 heterocycles.